The number of carbonyl (C=O) groups is 1. The number of sulfone groups is 1. The van der Waals surface area contributed by atoms with Gasteiger partial charge in [-0.25, -0.2) is 13.4 Å². The topological polar surface area (TPSA) is 79.4 Å². The van der Waals surface area contributed by atoms with E-state index >= 15 is 0 Å². The lowest BCUT2D eigenvalue weighted by Gasteiger charge is -2.19. The third-order valence-electron chi connectivity index (χ3n) is 3.98. The highest BCUT2D eigenvalue weighted by Crippen LogP contribution is 2.17. The maximum Gasteiger partial charge on any atom is 0.252 e. The molecule has 2 rings (SSSR count). The molecule has 0 spiro atoms. The molecule has 0 aliphatic carbocycles. The van der Waals surface area contributed by atoms with Crippen LogP contribution in [0.15, 0.2) is 18.3 Å². The van der Waals surface area contributed by atoms with Crippen LogP contribution in [-0.4, -0.2) is 50.4 Å². The summed E-state index contributed by atoms with van der Waals surface area (Å²) in [6, 6.07) is 3.59. The summed E-state index contributed by atoms with van der Waals surface area (Å²) in [4.78, 5) is 18.5. The van der Waals surface area contributed by atoms with Crippen molar-refractivity contribution in [3.05, 3.63) is 23.9 Å². The quantitative estimate of drug-likeness (QED) is 0.847. The predicted molar refractivity (Wildman–Crippen MR) is 86.9 cm³/mol. The summed E-state index contributed by atoms with van der Waals surface area (Å²) < 4.78 is 22.8. The molecule has 1 fully saturated rings. The predicted octanol–water partition coefficient (Wildman–Crippen LogP) is 1.09. The van der Waals surface area contributed by atoms with Crippen LogP contribution < -0.4 is 10.2 Å². The highest BCUT2D eigenvalue weighted by molar-refractivity contribution is 7.91. The van der Waals surface area contributed by atoms with Crippen molar-refractivity contribution in [2.24, 2.45) is 5.92 Å². The third kappa shape index (κ3) is 4.19. The smallest absolute Gasteiger partial charge is 0.252 e. The van der Waals surface area contributed by atoms with Crippen LogP contribution in [0.3, 0.4) is 0 Å². The van der Waals surface area contributed by atoms with Gasteiger partial charge in [0, 0.05) is 25.8 Å². The van der Waals surface area contributed by atoms with Crippen molar-refractivity contribution >= 4 is 21.6 Å². The molecule has 1 N–H and O–H groups in total. The Balaban J connectivity index is 1.90. The summed E-state index contributed by atoms with van der Waals surface area (Å²) >= 11 is 0. The van der Waals surface area contributed by atoms with Crippen LogP contribution >= 0.6 is 0 Å². The van der Waals surface area contributed by atoms with Crippen molar-refractivity contribution < 1.29 is 13.2 Å². The van der Waals surface area contributed by atoms with Crippen molar-refractivity contribution in [2.75, 3.05) is 36.0 Å². The summed E-state index contributed by atoms with van der Waals surface area (Å²) in [6.07, 6.45) is 2.19. The van der Waals surface area contributed by atoms with Crippen molar-refractivity contribution in [3.8, 4) is 0 Å². The van der Waals surface area contributed by atoms with Crippen LogP contribution in [0.1, 0.15) is 30.6 Å². The van der Waals surface area contributed by atoms with Crippen LogP contribution in [0.5, 0.6) is 0 Å². The number of pyridine rings is 1. The number of hydrogen-bond acceptors (Lipinski definition) is 5. The second-order valence-electron chi connectivity index (χ2n) is 5.56. The minimum absolute atomic E-state index is 0.0249. The van der Waals surface area contributed by atoms with Gasteiger partial charge in [-0.05, 0) is 38.3 Å². The van der Waals surface area contributed by atoms with Crippen LogP contribution in [0.4, 0.5) is 5.82 Å². The Kier molecular flexibility index (Phi) is 5.39. The van der Waals surface area contributed by atoms with Gasteiger partial charge in [0.2, 0.25) is 0 Å². The van der Waals surface area contributed by atoms with E-state index in [1.54, 1.807) is 12.3 Å². The zero-order chi connectivity index (χ0) is 16.2. The molecule has 6 nitrogen and oxygen atoms in total. The minimum Gasteiger partial charge on any atom is -0.357 e. The van der Waals surface area contributed by atoms with E-state index in [4.69, 9.17) is 0 Å². The molecule has 22 heavy (non-hydrogen) atoms. The lowest BCUT2D eigenvalue weighted by atomic mass is 10.1. The lowest BCUT2D eigenvalue weighted by Crippen LogP contribution is -2.30. The van der Waals surface area contributed by atoms with Gasteiger partial charge >= 0.3 is 0 Å². The summed E-state index contributed by atoms with van der Waals surface area (Å²) in [5.74, 6) is 1.07. The molecule has 1 aliphatic heterocycles. The van der Waals surface area contributed by atoms with Gasteiger partial charge in [0.05, 0.1) is 17.1 Å². The molecule has 0 bridgehead atoms. The highest BCUT2D eigenvalue weighted by Gasteiger charge is 2.28. The number of nitrogens with zero attached hydrogens (tertiary/aromatic N) is 2. The Morgan fingerprint density at radius 1 is 1.36 bits per heavy atom. The Bertz CT molecular complexity index is 609. The molecule has 1 saturated heterocycles. The normalized spacial score (nSPS) is 19.8. The average Bonchev–Trinajstić information content (AvgIpc) is 2.86. The van der Waals surface area contributed by atoms with Gasteiger partial charge in [0.15, 0.2) is 9.84 Å². The monoisotopic (exact) mass is 325 g/mol. The second-order valence-corrected chi connectivity index (χ2v) is 7.79. The van der Waals surface area contributed by atoms with Crippen molar-refractivity contribution in [1.29, 1.82) is 0 Å². The molecule has 0 saturated carbocycles. The van der Waals surface area contributed by atoms with E-state index < -0.39 is 9.84 Å². The van der Waals surface area contributed by atoms with Gasteiger partial charge in [-0.1, -0.05) is 0 Å². The first-order valence-corrected chi connectivity index (χ1v) is 9.47. The molecular weight excluding hydrogens is 302 g/mol. The standard InChI is InChI=1S/C15H23N3O3S/c1-3-18(4-2)14-6-5-13(10-16-14)15(19)17-9-12-7-8-22(20,21)11-12/h5-6,10,12H,3-4,7-9,11H2,1-2H3,(H,17,19)/t12-/m0/s1. The van der Waals surface area contributed by atoms with E-state index in [-0.39, 0.29) is 23.3 Å². The zero-order valence-corrected chi connectivity index (χ0v) is 13.9. The maximum atomic E-state index is 12.1. The van der Waals surface area contributed by atoms with Crippen molar-refractivity contribution in [3.63, 3.8) is 0 Å². The van der Waals surface area contributed by atoms with Crippen LogP contribution in [0.2, 0.25) is 0 Å². The maximum absolute atomic E-state index is 12.1. The summed E-state index contributed by atoms with van der Waals surface area (Å²) in [5, 5.41) is 2.80. The van der Waals surface area contributed by atoms with Crippen LogP contribution in [-0.2, 0) is 9.84 Å². The number of carbonyl (C=O) groups excluding carboxylic acids is 1. The largest absolute Gasteiger partial charge is 0.357 e. The Hall–Kier alpha value is -1.63. The van der Waals surface area contributed by atoms with Gasteiger partial charge in [0.25, 0.3) is 5.91 Å². The number of amides is 1. The molecule has 1 aromatic rings. The SMILES string of the molecule is CCN(CC)c1ccc(C(=O)NC[C@@H]2CCS(=O)(=O)C2)cn1. The van der Waals surface area contributed by atoms with Crippen LogP contribution in [0, 0.1) is 5.92 Å². The molecule has 0 aromatic carbocycles. The average molecular weight is 325 g/mol. The van der Waals surface area contributed by atoms with E-state index in [1.807, 2.05) is 6.07 Å². The molecule has 0 unspecified atom stereocenters. The van der Waals surface area contributed by atoms with E-state index in [1.165, 1.54) is 0 Å². The van der Waals surface area contributed by atoms with Gasteiger partial charge in [0.1, 0.15) is 5.82 Å². The molecule has 7 heteroatoms. The summed E-state index contributed by atoms with van der Waals surface area (Å²) in [7, 11) is -2.90. The third-order valence-corrected chi connectivity index (χ3v) is 5.81. The molecule has 0 radical (unpaired) electrons. The van der Waals surface area contributed by atoms with Gasteiger partial charge in [-0.15, -0.1) is 0 Å². The molecule has 1 amide bonds. The number of nitrogens with one attached hydrogen (secondary N) is 1. The lowest BCUT2D eigenvalue weighted by molar-refractivity contribution is 0.0948. The zero-order valence-electron chi connectivity index (χ0n) is 13.1. The number of rotatable bonds is 6. The van der Waals surface area contributed by atoms with E-state index in [9.17, 15) is 13.2 Å². The molecule has 122 valence electrons. The van der Waals surface area contributed by atoms with E-state index in [2.05, 4.69) is 29.0 Å². The highest BCUT2D eigenvalue weighted by atomic mass is 32.2. The number of aromatic nitrogens is 1. The van der Waals surface area contributed by atoms with Crippen molar-refractivity contribution in [2.45, 2.75) is 20.3 Å². The fourth-order valence-electron chi connectivity index (χ4n) is 2.63. The first kappa shape index (κ1) is 16.7. The summed E-state index contributed by atoms with van der Waals surface area (Å²) in [6.45, 7) is 6.25. The molecule has 1 atom stereocenters. The fraction of sp³-hybridized carbons (Fsp3) is 0.600. The Morgan fingerprint density at radius 2 is 2.09 bits per heavy atom. The minimum atomic E-state index is -2.90. The van der Waals surface area contributed by atoms with Gasteiger partial charge in [-0.3, -0.25) is 4.79 Å². The number of hydrogen-bond donors (Lipinski definition) is 1. The van der Waals surface area contributed by atoms with E-state index in [0.717, 1.165) is 18.9 Å². The van der Waals surface area contributed by atoms with Crippen LogP contribution in [0.25, 0.3) is 0 Å². The van der Waals surface area contributed by atoms with Gasteiger partial charge in [-0.2, -0.15) is 0 Å². The first-order valence-electron chi connectivity index (χ1n) is 7.64. The Morgan fingerprint density at radius 3 is 2.59 bits per heavy atom. The Labute approximate surface area is 131 Å². The molecule has 1 aromatic heterocycles. The number of anilines is 1. The van der Waals surface area contributed by atoms with E-state index in [0.29, 0.717) is 18.5 Å². The van der Waals surface area contributed by atoms with Crippen molar-refractivity contribution in [1.82, 2.24) is 10.3 Å². The fourth-order valence-corrected chi connectivity index (χ4v) is 4.49. The second kappa shape index (κ2) is 7.09. The molecule has 1 aliphatic rings. The molecular formula is C15H23N3O3S. The summed E-state index contributed by atoms with van der Waals surface area (Å²) in [5.41, 5.74) is 0.497. The first-order chi connectivity index (χ1) is 10.4. The molecule has 2 heterocycles. The van der Waals surface area contributed by atoms with Gasteiger partial charge < -0.3 is 10.2 Å².